The molecule has 0 nitrogen and oxygen atoms in total. The molecule has 0 atom stereocenters. The molecule has 0 heterocycles. The molecule has 1 aliphatic carbocycles. The van der Waals surface area contributed by atoms with Crippen LogP contribution in [0.15, 0.2) is 71.8 Å². The van der Waals surface area contributed by atoms with Crippen molar-refractivity contribution in [2.45, 2.75) is 34.1 Å². The molecule has 0 saturated heterocycles. The van der Waals surface area contributed by atoms with Crippen LogP contribution >= 0.6 is 0 Å². The summed E-state index contributed by atoms with van der Waals surface area (Å²) in [4.78, 5) is 0. The topological polar surface area (TPSA) is 0 Å². The molecule has 1 heteroatoms. The Morgan fingerprint density at radius 3 is 1.76 bits per heavy atom. The minimum absolute atomic E-state index is 0. The zero-order valence-corrected chi connectivity index (χ0v) is 18.1. The molecule has 0 unspecified atom stereocenters. The van der Waals surface area contributed by atoms with Crippen LogP contribution in [0.25, 0.3) is 21.5 Å². The van der Waals surface area contributed by atoms with E-state index in [4.69, 9.17) is 0 Å². The third-order valence-corrected chi connectivity index (χ3v) is 4.76. The first-order valence-electron chi connectivity index (χ1n) is 8.90. The van der Waals surface area contributed by atoms with Gasteiger partial charge in [0.2, 0.25) is 0 Å². The smallest absolute Gasteiger partial charge is 0.272 e. The minimum atomic E-state index is 0. The van der Waals surface area contributed by atoms with Gasteiger partial charge in [0.15, 0.2) is 0 Å². The Morgan fingerprint density at radius 2 is 1.32 bits per heavy atom. The number of fused-ring (bicyclic) bond motifs is 3. The quantitative estimate of drug-likeness (QED) is 0.400. The van der Waals surface area contributed by atoms with E-state index >= 15 is 0 Å². The molecule has 4 rings (SSSR count). The van der Waals surface area contributed by atoms with Crippen molar-refractivity contribution in [1.29, 1.82) is 0 Å². The number of allylic oxidation sites excluding steroid dienone is 4. The molecule has 0 bridgehead atoms. The van der Waals surface area contributed by atoms with E-state index in [1.54, 1.807) is 5.57 Å². The molecule has 0 aliphatic heterocycles. The molecular weight excluding hydrogens is 379 g/mol. The van der Waals surface area contributed by atoms with Gasteiger partial charge in [-0.2, -0.15) is 11.1 Å². The van der Waals surface area contributed by atoms with Crippen molar-refractivity contribution < 1.29 is 26.2 Å². The van der Waals surface area contributed by atoms with Crippen molar-refractivity contribution in [3.63, 3.8) is 0 Å². The summed E-state index contributed by atoms with van der Waals surface area (Å²) in [7, 11) is 0. The Balaban J connectivity index is 0.000000176. The van der Waals surface area contributed by atoms with E-state index in [2.05, 4.69) is 94.4 Å². The van der Waals surface area contributed by atoms with Gasteiger partial charge >= 0.3 is 26.2 Å². The molecule has 3 aromatic carbocycles. The monoisotopic (exact) mass is 404 g/mol. The van der Waals surface area contributed by atoms with Crippen LogP contribution in [0, 0.1) is 17.9 Å². The van der Waals surface area contributed by atoms with E-state index in [9.17, 15) is 0 Å². The van der Waals surface area contributed by atoms with E-state index in [1.807, 2.05) is 0 Å². The standard InChI is InChI=1S/C13H9.C11H17.Zr/c1-3-7-12-10(5-1)9-11-6-2-4-8-13(11)12;1-8(2)10-6-5-7-11(10)9(3)4;/h1-9H;6,8-9H,7H2,1-4H3;/q2*-1;+2. The number of rotatable bonds is 2. The SMILES string of the molecule is CC(C)C1=C(C(C)C)C[C-]=C1.[Zr+2].c1ccc2c(c1)[cH-]c1ccccc12. The van der Waals surface area contributed by atoms with Crippen molar-refractivity contribution in [1.82, 2.24) is 0 Å². The second-order valence-electron chi connectivity index (χ2n) is 7.13. The predicted molar refractivity (Wildman–Crippen MR) is 106 cm³/mol. The first-order valence-corrected chi connectivity index (χ1v) is 8.90. The maximum atomic E-state index is 3.29. The van der Waals surface area contributed by atoms with E-state index in [0.717, 1.165) is 6.42 Å². The van der Waals surface area contributed by atoms with Gasteiger partial charge in [-0.15, -0.1) is 46.2 Å². The fourth-order valence-electron chi connectivity index (χ4n) is 3.44. The molecule has 25 heavy (non-hydrogen) atoms. The Labute approximate surface area is 171 Å². The number of benzene rings is 2. The average Bonchev–Trinajstić information content (AvgIpc) is 3.20. The van der Waals surface area contributed by atoms with Crippen LogP contribution < -0.4 is 0 Å². The molecule has 0 fully saturated rings. The molecule has 0 N–H and O–H groups in total. The molecule has 0 spiro atoms. The molecule has 126 valence electrons. The average molecular weight is 406 g/mol. The van der Waals surface area contributed by atoms with E-state index in [0.29, 0.717) is 11.8 Å². The van der Waals surface area contributed by atoms with Crippen LogP contribution in [0.1, 0.15) is 34.1 Å². The fraction of sp³-hybridized carbons (Fsp3) is 0.292. The van der Waals surface area contributed by atoms with Crippen molar-refractivity contribution in [3.05, 3.63) is 77.9 Å². The normalized spacial score (nSPS) is 13.5. The van der Waals surface area contributed by atoms with Crippen LogP contribution in [-0.4, -0.2) is 0 Å². The van der Waals surface area contributed by atoms with Crippen LogP contribution in [0.3, 0.4) is 0 Å². The Bertz CT molecular complexity index is 840. The van der Waals surface area contributed by atoms with Gasteiger partial charge in [0.05, 0.1) is 0 Å². The summed E-state index contributed by atoms with van der Waals surface area (Å²) in [6.07, 6.45) is 6.51. The van der Waals surface area contributed by atoms with Gasteiger partial charge in [0.25, 0.3) is 0 Å². The third kappa shape index (κ3) is 4.45. The zero-order chi connectivity index (χ0) is 17.1. The zero-order valence-electron chi connectivity index (χ0n) is 15.6. The second kappa shape index (κ2) is 8.86. The van der Waals surface area contributed by atoms with Crippen LogP contribution in [-0.2, 0) is 26.2 Å². The Hall–Kier alpha value is -1.33. The molecule has 3 aromatic rings. The van der Waals surface area contributed by atoms with Gasteiger partial charge < -0.3 is 0 Å². The van der Waals surface area contributed by atoms with Crippen molar-refractivity contribution in [2.24, 2.45) is 11.8 Å². The molecule has 0 radical (unpaired) electrons. The maximum absolute atomic E-state index is 3.29. The molecule has 0 saturated carbocycles. The van der Waals surface area contributed by atoms with Gasteiger partial charge in [-0.05, 0) is 5.92 Å². The number of hydrogen-bond donors (Lipinski definition) is 0. The van der Waals surface area contributed by atoms with Gasteiger partial charge in [0.1, 0.15) is 0 Å². The Kier molecular flexibility index (Phi) is 7.08. The van der Waals surface area contributed by atoms with Crippen molar-refractivity contribution in [2.75, 3.05) is 0 Å². The molecule has 0 aromatic heterocycles. The summed E-state index contributed by atoms with van der Waals surface area (Å²) in [6.45, 7) is 9.03. The third-order valence-electron chi connectivity index (χ3n) is 4.76. The second-order valence-corrected chi connectivity index (χ2v) is 7.13. The Morgan fingerprint density at radius 1 is 0.800 bits per heavy atom. The van der Waals surface area contributed by atoms with Crippen LogP contribution in [0.4, 0.5) is 0 Å². The summed E-state index contributed by atoms with van der Waals surface area (Å²) in [6, 6.07) is 19.3. The van der Waals surface area contributed by atoms with Gasteiger partial charge in [-0.25, -0.2) is 6.08 Å². The van der Waals surface area contributed by atoms with E-state index in [1.165, 1.54) is 27.1 Å². The van der Waals surface area contributed by atoms with Crippen molar-refractivity contribution in [3.8, 4) is 0 Å². The van der Waals surface area contributed by atoms with Crippen LogP contribution in [0.2, 0.25) is 0 Å². The largest absolute Gasteiger partial charge is 2.00 e. The first kappa shape index (κ1) is 20.0. The van der Waals surface area contributed by atoms with E-state index in [-0.39, 0.29) is 26.2 Å². The van der Waals surface area contributed by atoms with Gasteiger partial charge in [-0.3, -0.25) is 6.08 Å². The first-order chi connectivity index (χ1) is 11.6. The molecule has 1 aliphatic rings. The minimum Gasteiger partial charge on any atom is -0.272 e. The van der Waals surface area contributed by atoms with Crippen molar-refractivity contribution >= 4 is 21.5 Å². The van der Waals surface area contributed by atoms with Crippen LogP contribution in [0.5, 0.6) is 0 Å². The fourth-order valence-corrected chi connectivity index (χ4v) is 3.44. The van der Waals surface area contributed by atoms with E-state index < -0.39 is 0 Å². The molecular formula is C24H26Zr. The summed E-state index contributed by atoms with van der Waals surface area (Å²) in [5.74, 6) is 1.36. The van der Waals surface area contributed by atoms with Gasteiger partial charge in [0, 0.05) is 0 Å². The summed E-state index contributed by atoms with van der Waals surface area (Å²) < 4.78 is 0. The van der Waals surface area contributed by atoms with Gasteiger partial charge in [-0.1, -0.05) is 70.0 Å². The summed E-state index contributed by atoms with van der Waals surface area (Å²) in [5, 5.41) is 5.39. The summed E-state index contributed by atoms with van der Waals surface area (Å²) >= 11 is 0. The number of hydrogen-bond acceptors (Lipinski definition) is 0. The summed E-state index contributed by atoms with van der Waals surface area (Å²) in [5.41, 5.74) is 3.10. The molecule has 0 amide bonds. The maximum Gasteiger partial charge on any atom is 2.00 e. The predicted octanol–water partition coefficient (Wildman–Crippen LogP) is 7.07.